The van der Waals surface area contributed by atoms with Crippen LogP contribution in [0.2, 0.25) is 0 Å². The lowest BCUT2D eigenvalue weighted by molar-refractivity contribution is 0.190. The molecular weight excluding hydrogens is 392 g/mol. The first-order valence-corrected chi connectivity index (χ1v) is 8.47. The van der Waals surface area contributed by atoms with Gasteiger partial charge in [0.15, 0.2) is 0 Å². The quantitative estimate of drug-likeness (QED) is 0.772. The predicted molar refractivity (Wildman–Crippen MR) is 86.3 cm³/mol. The van der Waals surface area contributed by atoms with Crippen molar-refractivity contribution in [2.75, 3.05) is 13.1 Å². The summed E-state index contributed by atoms with van der Waals surface area (Å²) in [7, 11) is 0. The summed E-state index contributed by atoms with van der Waals surface area (Å²) < 4.78 is 7.62. The molecule has 2 aromatic heterocycles. The number of likely N-dealkylation sites (N-methyl/N-ethyl adjacent to an activating group) is 1. The van der Waals surface area contributed by atoms with Crippen molar-refractivity contribution in [1.82, 2.24) is 4.90 Å². The van der Waals surface area contributed by atoms with Crippen LogP contribution in [0.15, 0.2) is 37.1 Å². The SMILES string of the molecule is CCN(Cc1ccco1)C(CN)c1cc(Br)c(Br)s1. The number of nitrogens with two attached hydrogens (primary N) is 1. The molecule has 0 saturated heterocycles. The molecule has 19 heavy (non-hydrogen) atoms. The third-order valence-electron chi connectivity index (χ3n) is 3.00. The lowest BCUT2D eigenvalue weighted by Gasteiger charge is -2.28. The van der Waals surface area contributed by atoms with E-state index >= 15 is 0 Å². The minimum absolute atomic E-state index is 0.211. The van der Waals surface area contributed by atoms with E-state index in [0.717, 1.165) is 27.1 Å². The molecule has 1 unspecified atom stereocenters. The highest BCUT2D eigenvalue weighted by Gasteiger charge is 2.21. The number of furan rings is 1. The molecule has 0 bridgehead atoms. The summed E-state index contributed by atoms with van der Waals surface area (Å²) >= 11 is 8.79. The van der Waals surface area contributed by atoms with Crippen LogP contribution >= 0.6 is 43.2 Å². The molecule has 0 aliphatic rings. The van der Waals surface area contributed by atoms with E-state index in [2.05, 4.69) is 49.7 Å². The number of hydrogen-bond acceptors (Lipinski definition) is 4. The third kappa shape index (κ3) is 3.70. The molecule has 0 saturated carbocycles. The number of thiophene rings is 1. The Morgan fingerprint density at radius 3 is 2.74 bits per heavy atom. The summed E-state index contributed by atoms with van der Waals surface area (Å²) in [6, 6.07) is 6.26. The van der Waals surface area contributed by atoms with Gasteiger partial charge >= 0.3 is 0 Å². The van der Waals surface area contributed by atoms with Crippen molar-refractivity contribution in [3.8, 4) is 0 Å². The monoisotopic (exact) mass is 406 g/mol. The van der Waals surface area contributed by atoms with E-state index in [1.807, 2.05) is 12.1 Å². The largest absolute Gasteiger partial charge is 0.468 e. The van der Waals surface area contributed by atoms with Crippen LogP contribution in [0.1, 0.15) is 23.6 Å². The average molecular weight is 408 g/mol. The summed E-state index contributed by atoms with van der Waals surface area (Å²) in [5, 5.41) is 0. The Bertz CT molecular complexity index is 493. The van der Waals surface area contributed by atoms with Gasteiger partial charge in [-0.3, -0.25) is 4.90 Å². The fraction of sp³-hybridized carbons (Fsp3) is 0.385. The van der Waals surface area contributed by atoms with E-state index in [-0.39, 0.29) is 6.04 Å². The molecule has 2 aromatic rings. The second kappa shape index (κ2) is 7.04. The van der Waals surface area contributed by atoms with Gasteiger partial charge in [-0.2, -0.15) is 0 Å². The zero-order valence-corrected chi connectivity index (χ0v) is 14.6. The van der Waals surface area contributed by atoms with Crippen molar-refractivity contribution in [2.24, 2.45) is 5.73 Å². The van der Waals surface area contributed by atoms with Crippen LogP contribution in [0.4, 0.5) is 0 Å². The number of nitrogens with zero attached hydrogens (tertiary/aromatic N) is 1. The summed E-state index contributed by atoms with van der Waals surface area (Å²) in [6.45, 7) is 4.44. The first-order valence-electron chi connectivity index (χ1n) is 6.07. The first kappa shape index (κ1) is 15.3. The van der Waals surface area contributed by atoms with Gasteiger partial charge in [-0.05, 0) is 56.6 Å². The van der Waals surface area contributed by atoms with E-state index < -0.39 is 0 Å². The van der Waals surface area contributed by atoms with E-state index in [4.69, 9.17) is 10.2 Å². The smallest absolute Gasteiger partial charge is 0.117 e. The summed E-state index contributed by atoms with van der Waals surface area (Å²) in [5.74, 6) is 0.968. The van der Waals surface area contributed by atoms with Gasteiger partial charge in [0.25, 0.3) is 0 Å². The Labute approximate surface area is 134 Å². The molecule has 6 heteroatoms. The zero-order chi connectivity index (χ0) is 13.8. The van der Waals surface area contributed by atoms with Gasteiger partial charge < -0.3 is 10.2 Å². The lowest BCUT2D eigenvalue weighted by atomic mass is 10.2. The number of halogens is 2. The second-order valence-electron chi connectivity index (χ2n) is 4.16. The van der Waals surface area contributed by atoms with E-state index in [9.17, 15) is 0 Å². The van der Waals surface area contributed by atoms with Crippen molar-refractivity contribution >= 4 is 43.2 Å². The number of rotatable bonds is 6. The van der Waals surface area contributed by atoms with Gasteiger partial charge in [-0.15, -0.1) is 11.3 Å². The number of hydrogen-bond donors (Lipinski definition) is 1. The van der Waals surface area contributed by atoms with Crippen molar-refractivity contribution in [2.45, 2.75) is 19.5 Å². The molecule has 2 N–H and O–H groups in total. The van der Waals surface area contributed by atoms with E-state index in [1.165, 1.54) is 4.88 Å². The summed E-state index contributed by atoms with van der Waals surface area (Å²) in [5.41, 5.74) is 5.97. The highest BCUT2D eigenvalue weighted by molar-refractivity contribution is 9.13. The molecule has 2 heterocycles. The molecule has 0 spiro atoms. The maximum absolute atomic E-state index is 5.97. The van der Waals surface area contributed by atoms with Crippen molar-refractivity contribution < 1.29 is 4.42 Å². The lowest BCUT2D eigenvalue weighted by Crippen LogP contribution is -2.32. The summed E-state index contributed by atoms with van der Waals surface area (Å²) in [4.78, 5) is 3.58. The zero-order valence-electron chi connectivity index (χ0n) is 10.6. The molecule has 0 aliphatic carbocycles. The fourth-order valence-electron chi connectivity index (χ4n) is 2.02. The molecule has 2 rings (SSSR count). The van der Waals surface area contributed by atoms with Crippen molar-refractivity contribution in [3.05, 3.63) is 43.4 Å². The highest BCUT2D eigenvalue weighted by Crippen LogP contribution is 2.37. The molecule has 0 aliphatic heterocycles. The topological polar surface area (TPSA) is 42.4 Å². The summed E-state index contributed by atoms with van der Waals surface area (Å²) in [6.07, 6.45) is 1.71. The molecule has 1 atom stereocenters. The van der Waals surface area contributed by atoms with Gasteiger partial charge in [-0.25, -0.2) is 0 Å². The normalized spacial score (nSPS) is 13.1. The van der Waals surface area contributed by atoms with Crippen molar-refractivity contribution in [1.29, 1.82) is 0 Å². The maximum atomic E-state index is 5.97. The molecule has 0 aromatic carbocycles. The van der Waals surface area contributed by atoms with Gasteiger partial charge in [0.2, 0.25) is 0 Å². The highest BCUT2D eigenvalue weighted by atomic mass is 79.9. The Balaban J connectivity index is 2.18. The van der Waals surface area contributed by atoms with Crippen LogP contribution < -0.4 is 5.73 Å². The van der Waals surface area contributed by atoms with Gasteiger partial charge in [0, 0.05) is 15.9 Å². The van der Waals surface area contributed by atoms with Crippen LogP contribution in [0.25, 0.3) is 0 Å². The second-order valence-corrected chi connectivity index (χ2v) is 7.42. The molecule has 104 valence electrons. The Hall–Kier alpha value is -0.140. The fourth-order valence-corrected chi connectivity index (χ4v) is 4.26. The standard InChI is InChI=1S/C13H16Br2N2OS/c1-2-17(8-9-4-3-5-18-9)11(7-16)12-6-10(14)13(15)19-12/h3-6,11H,2,7-8,16H2,1H3. The molecule has 0 amide bonds. The van der Waals surface area contributed by atoms with Crippen LogP contribution in [0.3, 0.4) is 0 Å². The van der Waals surface area contributed by atoms with Crippen LogP contribution in [-0.2, 0) is 6.54 Å². The van der Waals surface area contributed by atoms with Crippen LogP contribution in [0, 0.1) is 0 Å². The third-order valence-corrected chi connectivity index (χ3v) is 6.36. The van der Waals surface area contributed by atoms with E-state index in [1.54, 1.807) is 17.6 Å². The molecule has 0 fully saturated rings. The average Bonchev–Trinajstić information content (AvgIpc) is 3.00. The predicted octanol–water partition coefficient (Wildman–Crippen LogP) is 4.39. The van der Waals surface area contributed by atoms with Gasteiger partial charge in [0.1, 0.15) is 5.76 Å². The van der Waals surface area contributed by atoms with Crippen molar-refractivity contribution in [3.63, 3.8) is 0 Å². The van der Waals surface area contributed by atoms with Crippen LogP contribution in [-0.4, -0.2) is 18.0 Å². The van der Waals surface area contributed by atoms with E-state index in [0.29, 0.717) is 6.54 Å². The Morgan fingerprint density at radius 2 is 2.26 bits per heavy atom. The first-order chi connectivity index (χ1) is 9.15. The molecular formula is C13H16Br2N2OS. The minimum atomic E-state index is 0.211. The van der Waals surface area contributed by atoms with Gasteiger partial charge in [0.05, 0.1) is 22.6 Å². The maximum Gasteiger partial charge on any atom is 0.117 e. The minimum Gasteiger partial charge on any atom is -0.468 e. The Morgan fingerprint density at radius 1 is 1.47 bits per heavy atom. The Kier molecular flexibility index (Phi) is 5.65. The van der Waals surface area contributed by atoms with Crippen LogP contribution in [0.5, 0.6) is 0 Å². The van der Waals surface area contributed by atoms with Gasteiger partial charge in [-0.1, -0.05) is 6.92 Å². The molecule has 0 radical (unpaired) electrons. The molecule has 3 nitrogen and oxygen atoms in total.